The topological polar surface area (TPSA) is 37.3 Å². The molecule has 7 heteroatoms. The predicted molar refractivity (Wildman–Crippen MR) is 86.3 cm³/mol. The maximum absolute atomic E-state index is 13.5. The molecule has 0 spiro atoms. The molecule has 0 fully saturated rings. The largest absolute Gasteiger partial charge is 0.428 e. The first kappa shape index (κ1) is 18.8. The SMILES string of the molecule is Cc1ccc(CC(=O)C(O)(c2cc(Cl)cc(Cl)c2)C(F)(F)F)cc1. The van der Waals surface area contributed by atoms with Crippen molar-refractivity contribution in [3.63, 3.8) is 0 Å². The number of ketones is 1. The number of hydrogen-bond acceptors (Lipinski definition) is 2. The lowest BCUT2D eigenvalue weighted by Gasteiger charge is -2.30. The molecule has 2 nitrogen and oxygen atoms in total. The summed E-state index contributed by atoms with van der Waals surface area (Å²) in [5.41, 5.74) is -3.13. The second-order valence-corrected chi connectivity index (χ2v) is 6.32. The van der Waals surface area contributed by atoms with Crippen molar-refractivity contribution in [3.8, 4) is 0 Å². The molecule has 1 N–H and O–H groups in total. The summed E-state index contributed by atoms with van der Waals surface area (Å²) in [4.78, 5) is 12.3. The highest BCUT2D eigenvalue weighted by Gasteiger charge is 2.60. The first-order chi connectivity index (χ1) is 11.0. The van der Waals surface area contributed by atoms with Gasteiger partial charge in [-0.15, -0.1) is 0 Å². The average molecular weight is 377 g/mol. The molecule has 0 aliphatic carbocycles. The molecule has 0 aliphatic heterocycles. The van der Waals surface area contributed by atoms with Crippen molar-refractivity contribution in [2.75, 3.05) is 0 Å². The van der Waals surface area contributed by atoms with E-state index in [1.165, 1.54) is 18.2 Å². The number of carbonyl (C=O) groups excluding carboxylic acids is 1. The van der Waals surface area contributed by atoms with Crippen LogP contribution in [0.1, 0.15) is 16.7 Å². The Hall–Kier alpha value is -1.56. The van der Waals surface area contributed by atoms with Crippen molar-refractivity contribution in [2.45, 2.75) is 25.1 Å². The summed E-state index contributed by atoms with van der Waals surface area (Å²) in [6.45, 7) is 1.81. The third-order valence-electron chi connectivity index (χ3n) is 3.58. The van der Waals surface area contributed by atoms with Crippen LogP contribution in [0.2, 0.25) is 10.0 Å². The Balaban J connectivity index is 2.47. The fourth-order valence-electron chi connectivity index (χ4n) is 2.26. The number of alkyl halides is 3. The van der Waals surface area contributed by atoms with Crippen LogP contribution in [0.4, 0.5) is 13.2 Å². The van der Waals surface area contributed by atoms with Crippen molar-refractivity contribution < 1.29 is 23.1 Å². The molecule has 2 aromatic rings. The van der Waals surface area contributed by atoms with Crippen LogP contribution in [0.15, 0.2) is 42.5 Å². The van der Waals surface area contributed by atoms with Gasteiger partial charge in [0, 0.05) is 22.0 Å². The minimum absolute atomic E-state index is 0.108. The maximum atomic E-state index is 13.5. The highest BCUT2D eigenvalue weighted by atomic mass is 35.5. The molecule has 24 heavy (non-hydrogen) atoms. The molecule has 0 saturated carbocycles. The van der Waals surface area contributed by atoms with E-state index in [-0.39, 0.29) is 10.0 Å². The number of rotatable bonds is 4. The first-order valence-corrected chi connectivity index (χ1v) is 7.64. The van der Waals surface area contributed by atoms with Crippen molar-refractivity contribution in [1.29, 1.82) is 0 Å². The van der Waals surface area contributed by atoms with E-state index in [9.17, 15) is 23.1 Å². The summed E-state index contributed by atoms with van der Waals surface area (Å²) in [6.07, 6.45) is -5.80. The fourth-order valence-corrected chi connectivity index (χ4v) is 2.79. The van der Waals surface area contributed by atoms with E-state index in [4.69, 9.17) is 23.2 Å². The van der Waals surface area contributed by atoms with Gasteiger partial charge in [-0.2, -0.15) is 13.2 Å². The quantitative estimate of drug-likeness (QED) is 0.826. The predicted octanol–water partition coefficient (Wildman–Crippen LogP) is 4.86. The van der Waals surface area contributed by atoms with E-state index in [1.807, 2.05) is 6.92 Å². The number of aliphatic hydroxyl groups is 1. The Bertz CT molecular complexity index is 737. The number of halogens is 5. The van der Waals surface area contributed by atoms with E-state index in [0.717, 1.165) is 17.7 Å². The molecule has 0 aromatic heterocycles. The van der Waals surface area contributed by atoms with Crippen LogP contribution < -0.4 is 0 Å². The van der Waals surface area contributed by atoms with E-state index in [1.54, 1.807) is 12.1 Å². The van der Waals surface area contributed by atoms with E-state index >= 15 is 0 Å². The first-order valence-electron chi connectivity index (χ1n) is 6.88. The molecule has 1 unspecified atom stereocenters. The highest BCUT2D eigenvalue weighted by molar-refractivity contribution is 6.34. The van der Waals surface area contributed by atoms with Crippen molar-refractivity contribution in [3.05, 3.63) is 69.2 Å². The molecular formula is C17H13Cl2F3O2. The molecule has 2 rings (SSSR count). The molecule has 1 atom stereocenters. The highest BCUT2D eigenvalue weighted by Crippen LogP contribution is 2.42. The Labute approximate surface area is 146 Å². The lowest BCUT2D eigenvalue weighted by atomic mass is 9.85. The summed E-state index contributed by atoms with van der Waals surface area (Å²) >= 11 is 11.4. The number of Topliss-reactive ketones (excluding diaryl/α,β-unsaturated/α-hetero) is 1. The Kier molecular flexibility index (Phi) is 5.28. The monoisotopic (exact) mass is 376 g/mol. The van der Waals surface area contributed by atoms with Gasteiger partial charge in [0.1, 0.15) is 0 Å². The van der Waals surface area contributed by atoms with Gasteiger partial charge in [-0.25, -0.2) is 0 Å². The molecular weight excluding hydrogens is 364 g/mol. The fraction of sp³-hybridized carbons (Fsp3) is 0.235. The van der Waals surface area contributed by atoms with Crippen LogP contribution in [0.3, 0.4) is 0 Å². The molecule has 128 valence electrons. The summed E-state index contributed by atoms with van der Waals surface area (Å²) in [7, 11) is 0. The lowest BCUT2D eigenvalue weighted by molar-refractivity contribution is -0.255. The lowest BCUT2D eigenvalue weighted by Crippen LogP contribution is -2.50. The van der Waals surface area contributed by atoms with Crippen LogP contribution in [-0.2, 0) is 16.8 Å². The standard InChI is InChI=1S/C17H13Cl2F3O2/c1-10-2-4-11(5-3-10)6-15(23)16(24,17(20,21)22)12-7-13(18)9-14(19)8-12/h2-5,7-9,24H,6H2,1H3. The van der Waals surface area contributed by atoms with Gasteiger partial charge >= 0.3 is 6.18 Å². The second-order valence-electron chi connectivity index (χ2n) is 5.45. The van der Waals surface area contributed by atoms with Crippen LogP contribution in [0.25, 0.3) is 0 Å². The van der Waals surface area contributed by atoms with E-state index in [2.05, 4.69) is 0 Å². The number of carbonyl (C=O) groups is 1. The molecule has 2 aromatic carbocycles. The summed E-state index contributed by atoms with van der Waals surface area (Å²) in [6, 6.07) is 9.40. The van der Waals surface area contributed by atoms with Crippen molar-refractivity contribution >= 4 is 29.0 Å². The Morgan fingerprint density at radius 1 is 1.04 bits per heavy atom. The number of benzene rings is 2. The molecule has 0 amide bonds. The average Bonchev–Trinajstić information content (AvgIpc) is 2.46. The van der Waals surface area contributed by atoms with Crippen LogP contribution in [0.5, 0.6) is 0 Å². The number of hydrogen-bond donors (Lipinski definition) is 1. The zero-order valence-electron chi connectivity index (χ0n) is 12.5. The van der Waals surface area contributed by atoms with Crippen LogP contribution in [-0.4, -0.2) is 17.1 Å². The van der Waals surface area contributed by atoms with Crippen molar-refractivity contribution in [1.82, 2.24) is 0 Å². The Morgan fingerprint density at radius 2 is 1.54 bits per heavy atom. The minimum atomic E-state index is -5.22. The molecule has 0 heterocycles. The maximum Gasteiger partial charge on any atom is 0.428 e. The van der Waals surface area contributed by atoms with Crippen LogP contribution in [0, 0.1) is 6.92 Å². The molecule has 0 saturated heterocycles. The van der Waals surface area contributed by atoms with Crippen LogP contribution >= 0.6 is 23.2 Å². The third-order valence-corrected chi connectivity index (χ3v) is 4.02. The Morgan fingerprint density at radius 3 is 2.00 bits per heavy atom. The minimum Gasteiger partial charge on any atom is -0.370 e. The van der Waals surface area contributed by atoms with Gasteiger partial charge in [0.15, 0.2) is 5.78 Å². The summed E-state index contributed by atoms with van der Waals surface area (Å²) in [5, 5.41) is 10.0. The van der Waals surface area contributed by atoms with Gasteiger partial charge in [0.05, 0.1) is 0 Å². The summed E-state index contributed by atoms with van der Waals surface area (Å²) < 4.78 is 40.5. The zero-order valence-corrected chi connectivity index (χ0v) is 14.0. The van der Waals surface area contributed by atoms with Gasteiger partial charge in [-0.1, -0.05) is 53.0 Å². The third kappa shape index (κ3) is 3.74. The van der Waals surface area contributed by atoms with Gasteiger partial charge in [-0.3, -0.25) is 4.79 Å². The second kappa shape index (κ2) is 6.75. The van der Waals surface area contributed by atoms with Gasteiger partial charge < -0.3 is 5.11 Å². The smallest absolute Gasteiger partial charge is 0.370 e. The summed E-state index contributed by atoms with van der Waals surface area (Å²) in [5.74, 6) is -1.41. The molecule has 0 aliphatic rings. The van der Waals surface area contributed by atoms with Gasteiger partial charge in [-0.05, 0) is 30.7 Å². The normalized spacial score (nSPS) is 14.3. The van der Waals surface area contributed by atoms with E-state index in [0.29, 0.717) is 5.56 Å². The zero-order chi connectivity index (χ0) is 18.1. The molecule has 0 radical (unpaired) electrons. The van der Waals surface area contributed by atoms with Gasteiger partial charge in [0.25, 0.3) is 0 Å². The van der Waals surface area contributed by atoms with Crippen molar-refractivity contribution in [2.24, 2.45) is 0 Å². The van der Waals surface area contributed by atoms with E-state index < -0.39 is 29.5 Å². The molecule has 0 bridgehead atoms. The number of aryl methyl sites for hydroxylation is 1. The van der Waals surface area contributed by atoms with Gasteiger partial charge in [0.2, 0.25) is 5.60 Å².